The fourth-order valence-corrected chi connectivity index (χ4v) is 3.87. The van der Waals surface area contributed by atoms with Crippen molar-refractivity contribution in [1.29, 1.82) is 0 Å². The highest BCUT2D eigenvalue weighted by Gasteiger charge is 2.40. The molecule has 3 rings (SSSR count). The molecule has 1 aromatic rings. The molecule has 2 saturated carbocycles. The first-order valence-corrected chi connectivity index (χ1v) is 7.68. The van der Waals surface area contributed by atoms with Crippen LogP contribution in [0, 0.1) is 38.0 Å². The molecule has 2 aliphatic rings. The topological polar surface area (TPSA) is 111 Å². The van der Waals surface area contributed by atoms with E-state index in [1.807, 2.05) is 6.92 Å². The maximum atomic E-state index is 11.1. The van der Waals surface area contributed by atoms with E-state index in [9.17, 15) is 20.2 Å². The molecule has 0 unspecified atom stereocenters. The lowest BCUT2D eigenvalue weighted by Gasteiger charge is -2.21. The molecule has 3 atom stereocenters. The lowest BCUT2D eigenvalue weighted by Crippen LogP contribution is -2.19. The van der Waals surface area contributed by atoms with E-state index in [-0.39, 0.29) is 17.1 Å². The number of hydrazone groups is 1. The van der Waals surface area contributed by atoms with E-state index in [4.69, 9.17) is 0 Å². The van der Waals surface area contributed by atoms with Crippen molar-refractivity contribution in [1.82, 2.24) is 0 Å². The number of anilines is 1. The summed E-state index contributed by atoms with van der Waals surface area (Å²) in [5.41, 5.74) is 3.19. The Labute approximate surface area is 132 Å². The Kier molecular flexibility index (Phi) is 3.97. The Balaban J connectivity index is 1.78. The van der Waals surface area contributed by atoms with Crippen molar-refractivity contribution in [2.24, 2.45) is 22.9 Å². The number of fused-ring (bicyclic) bond motifs is 2. The molecule has 0 aliphatic heterocycles. The minimum Gasteiger partial charge on any atom is -0.272 e. The molecule has 1 N–H and O–H groups in total. The zero-order valence-corrected chi connectivity index (χ0v) is 12.8. The highest BCUT2D eigenvalue weighted by molar-refractivity contribution is 5.86. The van der Waals surface area contributed by atoms with Gasteiger partial charge in [-0.05, 0) is 44.1 Å². The van der Waals surface area contributed by atoms with Gasteiger partial charge in [0.2, 0.25) is 0 Å². The Hall–Kier alpha value is -2.51. The van der Waals surface area contributed by atoms with E-state index < -0.39 is 9.85 Å². The number of benzene rings is 1. The van der Waals surface area contributed by atoms with Gasteiger partial charge in [-0.25, -0.2) is 0 Å². The van der Waals surface area contributed by atoms with Gasteiger partial charge in [0.15, 0.2) is 0 Å². The second-order valence-corrected chi connectivity index (χ2v) is 6.36. The first-order chi connectivity index (χ1) is 11.0. The predicted octanol–water partition coefficient (Wildman–Crippen LogP) is 3.73. The molecule has 23 heavy (non-hydrogen) atoms. The molecule has 0 heterocycles. The molecule has 0 radical (unpaired) electrons. The maximum absolute atomic E-state index is 11.1. The van der Waals surface area contributed by atoms with Gasteiger partial charge in [0.05, 0.1) is 15.9 Å². The lowest BCUT2D eigenvalue weighted by molar-refractivity contribution is -0.393. The van der Waals surface area contributed by atoms with Crippen molar-refractivity contribution in [2.45, 2.75) is 32.6 Å². The van der Waals surface area contributed by atoms with Crippen LogP contribution in [0.5, 0.6) is 0 Å². The van der Waals surface area contributed by atoms with E-state index in [1.54, 1.807) is 0 Å². The minimum atomic E-state index is -0.652. The van der Waals surface area contributed by atoms with Crippen LogP contribution < -0.4 is 5.43 Å². The summed E-state index contributed by atoms with van der Waals surface area (Å²) in [5.74, 6) is 1.92. The molecule has 0 aromatic heterocycles. The molecule has 0 amide bonds. The van der Waals surface area contributed by atoms with E-state index in [1.165, 1.54) is 31.4 Å². The van der Waals surface area contributed by atoms with Crippen LogP contribution in [0.15, 0.2) is 23.3 Å². The summed E-state index contributed by atoms with van der Waals surface area (Å²) in [5, 5.41) is 26.1. The highest BCUT2D eigenvalue weighted by atomic mass is 16.6. The largest absolute Gasteiger partial charge is 0.301 e. The average molecular weight is 318 g/mol. The molecule has 1 aromatic carbocycles. The normalized spacial score (nSPS) is 26.3. The first-order valence-electron chi connectivity index (χ1n) is 7.68. The van der Waals surface area contributed by atoms with E-state index in [2.05, 4.69) is 10.5 Å². The summed E-state index contributed by atoms with van der Waals surface area (Å²) >= 11 is 0. The van der Waals surface area contributed by atoms with Crippen molar-refractivity contribution < 1.29 is 9.85 Å². The monoisotopic (exact) mass is 318 g/mol. The third-order valence-corrected chi connectivity index (χ3v) is 5.02. The van der Waals surface area contributed by atoms with Gasteiger partial charge in [0, 0.05) is 17.7 Å². The fraction of sp³-hybridized carbons (Fsp3) is 0.533. The van der Waals surface area contributed by atoms with Gasteiger partial charge in [-0.2, -0.15) is 5.10 Å². The van der Waals surface area contributed by atoms with Crippen molar-refractivity contribution in [3.8, 4) is 0 Å². The smallest absolute Gasteiger partial charge is 0.272 e. The van der Waals surface area contributed by atoms with E-state index >= 15 is 0 Å². The highest BCUT2D eigenvalue weighted by Crippen LogP contribution is 2.48. The quantitative estimate of drug-likeness (QED) is 0.505. The minimum absolute atomic E-state index is 0.170. The molecule has 0 spiro atoms. The number of nitrogens with zero attached hydrogens (tertiary/aromatic N) is 3. The zero-order valence-electron chi connectivity index (χ0n) is 12.8. The number of nitrogens with one attached hydrogen (secondary N) is 1. The Morgan fingerprint density at radius 1 is 1.22 bits per heavy atom. The van der Waals surface area contributed by atoms with Gasteiger partial charge in [0.25, 0.3) is 5.69 Å². The van der Waals surface area contributed by atoms with Crippen molar-refractivity contribution in [3.05, 3.63) is 38.4 Å². The number of non-ortho nitro benzene ring substituents is 1. The van der Waals surface area contributed by atoms with E-state index in [0.29, 0.717) is 11.8 Å². The number of rotatable bonds is 5. The van der Waals surface area contributed by atoms with Crippen LogP contribution in [0.25, 0.3) is 0 Å². The van der Waals surface area contributed by atoms with Gasteiger partial charge in [-0.1, -0.05) is 6.42 Å². The number of hydrogen-bond donors (Lipinski definition) is 1. The van der Waals surface area contributed by atoms with Crippen LogP contribution in [0.2, 0.25) is 0 Å². The summed E-state index contributed by atoms with van der Waals surface area (Å²) in [7, 11) is 0. The molecule has 2 aliphatic carbocycles. The molecule has 8 nitrogen and oxygen atoms in total. The van der Waals surface area contributed by atoms with Crippen LogP contribution >= 0.6 is 0 Å². The number of nitro benzene ring substituents is 2. The van der Waals surface area contributed by atoms with Crippen molar-refractivity contribution >= 4 is 22.8 Å². The molecule has 122 valence electrons. The summed E-state index contributed by atoms with van der Waals surface area (Å²) in [6, 6.07) is 3.51. The summed E-state index contributed by atoms with van der Waals surface area (Å²) in [6.07, 6.45) is 4.94. The third kappa shape index (κ3) is 3.01. The van der Waals surface area contributed by atoms with Gasteiger partial charge in [0.1, 0.15) is 5.69 Å². The predicted molar refractivity (Wildman–Crippen MR) is 85.4 cm³/mol. The van der Waals surface area contributed by atoms with Gasteiger partial charge in [-0.15, -0.1) is 0 Å². The molecule has 2 bridgehead atoms. The van der Waals surface area contributed by atoms with Crippen LogP contribution in [-0.4, -0.2) is 15.6 Å². The standard InChI is InChI=1S/C15H18N4O4/c1-9(13-7-10-2-3-11(13)6-10)16-17-14-5-4-12(18(20)21)8-15(14)19(22)23/h4-5,8,10-11,13,17H,2-3,6-7H2,1H3/b16-9+/t10-,11-,13+/m1/s1. The molecule has 2 fully saturated rings. The molecule has 8 heteroatoms. The molecular formula is C15H18N4O4. The number of hydrogen-bond acceptors (Lipinski definition) is 6. The first kappa shape index (κ1) is 15.4. The summed E-state index contributed by atoms with van der Waals surface area (Å²) in [6.45, 7) is 1.94. The molecular weight excluding hydrogens is 300 g/mol. The zero-order chi connectivity index (χ0) is 16.6. The Morgan fingerprint density at radius 3 is 2.57 bits per heavy atom. The van der Waals surface area contributed by atoms with Crippen LogP contribution in [0.4, 0.5) is 17.1 Å². The lowest BCUT2D eigenvalue weighted by atomic mass is 9.86. The Morgan fingerprint density at radius 2 is 2.00 bits per heavy atom. The maximum Gasteiger partial charge on any atom is 0.301 e. The fourth-order valence-electron chi connectivity index (χ4n) is 3.87. The van der Waals surface area contributed by atoms with E-state index in [0.717, 1.165) is 24.1 Å². The average Bonchev–Trinajstić information content (AvgIpc) is 3.15. The second-order valence-electron chi connectivity index (χ2n) is 6.36. The van der Waals surface area contributed by atoms with Gasteiger partial charge < -0.3 is 0 Å². The second kappa shape index (κ2) is 5.94. The summed E-state index contributed by atoms with van der Waals surface area (Å²) < 4.78 is 0. The SMILES string of the molecule is C/C(=N\Nc1ccc([N+](=O)[O-])cc1[N+](=O)[O-])[C@@H]1C[C@@H]2CC[C@@H]1C2. The van der Waals surface area contributed by atoms with Crippen LogP contribution in [0.3, 0.4) is 0 Å². The number of nitro groups is 2. The van der Waals surface area contributed by atoms with Crippen molar-refractivity contribution in [2.75, 3.05) is 5.43 Å². The van der Waals surface area contributed by atoms with Crippen LogP contribution in [-0.2, 0) is 0 Å². The summed E-state index contributed by atoms with van der Waals surface area (Å²) in [4.78, 5) is 20.5. The van der Waals surface area contributed by atoms with Gasteiger partial charge in [-0.3, -0.25) is 25.7 Å². The van der Waals surface area contributed by atoms with Gasteiger partial charge >= 0.3 is 5.69 Å². The van der Waals surface area contributed by atoms with Crippen LogP contribution in [0.1, 0.15) is 32.6 Å². The Bertz CT molecular complexity index is 688. The third-order valence-electron chi connectivity index (χ3n) is 5.02. The molecule has 0 saturated heterocycles. The van der Waals surface area contributed by atoms with Crippen molar-refractivity contribution in [3.63, 3.8) is 0 Å².